The number of halogens is 3. The van der Waals surface area contributed by atoms with E-state index < -0.39 is 23.0 Å². The summed E-state index contributed by atoms with van der Waals surface area (Å²) in [5, 5.41) is 10.7. The highest BCUT2D eigenvalue weighted by atomic mass is 79.9. The number of nitrogens with zero attached hydrogens (tertiary/aromatic N) is 1. The van der Waals surface area contributed by atoms with Crippen LogP contribution >= 0.6 is 15.9 Å². The molecule has 1 aromatic carbocycles. The molecule has 0 bridgehead atoms. The topological polar surface area (TPSA) is 69.4 Å². The van der Waals surface area contributed by atoms with Crippen molar-refractivity contribution in [2.24, 2.45) is 0 Å². The third kappa shape index (κ3) is 2.96. The lowest BCUT2D eigenvalue weighted by atomic mass is 10.1. The molecule has 1 aromatic rings. The molecule has 0 aromatic heterocycles. The number of nitro benzene ring substituents is 1. The molecule has 0 saturated heterocycles. The Bertz CT molecular complexity index is 478. The molecule has 0 radical (unpaired) electrons. The van der Waals surface area contributed by atoms with E-state index in [9.17, 15) is 23.7 Å². The van der Waals surface area contributed by atoms with E-state index >= 15 is 0 Å². The van der Waals surface area contributed by atoms with Crippen LogP contribution in [0.1, 0.15) is 17.3 Å². The predicted molar refractivity (Wildman–Crippen MR) is 57.4 cm³/mol. The van der Waals surface area contributed by atoms with Crippen LogP contribution in [0.3, 0.4) is 0 Å². The number of carbonyl (C=O) groups excluding carboxylic acids is 1. The molecule has 0 N–H and O–H groups in total. The van der Waals surface area contributed by atoms with Crippen LogP contribution in [-0.4, -0.2) is 17.3 Å². The molecule has 5 nitrogen and oxygen atoms in total. The van der Waals surface area contributed by atoms with Gasteiger partial charge < -0.3 is 4.74 Å². The number of ether oxygens (including phenoxy) is 1. The lowest BCUT2D eigenvalue weighted by molar-refractivity contribution is -0.385. The highest BCUT2D eigenvalue weighted by molar-refractivity contribution is 9.10. The van der Waals surface area contributed by atoms with Gasteiger partial charge in [-0.1, -0.05) is 0 Å². The summed E-state index contributed by atoms with van der Waals surface area (Å²) in [5.41, 5.74) is -0.765. The second-order valence-electron chi connectivity index (χ2n) is 2.96. The first-order valence-electron chi connectivity index (χ1n) is 4.27. The molecule has 0 atom stereocenters. The zero-order chi connectivity index (χ0) is 13.2. The Hall–Kier alpha value is -1.57. The quantitative estimate of drug-likeness (QED) is 0.486. The van der Waals surface area contributed by atoms with E-state index in [1.54, 1.807) is 0 Å². The molecule has 0 amide bonds. The molecule has 8 heteroatoms. The first-order valence-corrected chi connectivity index (χ1v) is 5.06. The van der Waals surface area contributed by atoms with Crippen molar-refractivity contribution >= 4 is 27.4 Å². The summed E-state index contributed by atoms with van der Waals surface area (Å²) in [6.45, 7) is -1.98. The first kappa shape index (κ1) is 13.5. The van der Waals surface area contributed by atoms with E-state index in [0.717, 1.165) is 19.1 Å². The first-order chi connectivity index (χ1) is 7.84. The zero-order valence-corrected chi connectivity index (χ0v) is 10.0. The van der Waals surface area contributed by atoms with Gasteiger partial charge in [0.25, 0.3) is 5.69 Å². The molecule has 1 rings (SSSR count). The Labute approximate surface area is 103 Å². The van der Waals surface area contributed by atoms with Crippen molar-refractivity contribution in [3.8, 4) is 5.75 Å². The van der Waals surface area contributed by atoms with Gasteiger partial charge in [0, 0.05) is 6.07 Å². The van der Waals surface area contributed by atoms with Crippen molar-refractivity contribution in [1.29, 1.82) is 0 Å². The predicted octanol–water partition coefficient (Wildman–Crippen LogP) is 3.16. The van der Waals surface area contributed by atoms with Gasteiger partial charge in [0.15, 0.2) is 5.78 Å². The van der Waals surface area contributed by atoms with Gasteiger partial charge in [0.2, 0.25) is 0 Å². The number of hydrogen-bond donors (Lipinski definition) is 0. The molecule has 0 aliphatic rings. The Morgan fingerprint density at radius 1 is 1.53 bits per heavy atom. The lowest BCUT2D eigenvalue weighted by Crippen LogP contribution is -2.07. The van der Waals surface area contributed by atoms with Crippen molar-refractivity contribution < 1.29 is 23.2 Å². The van der Waals surface area contributed by atoms with E-state index in [-0.39, 0.29) is 15.8 Å². The molecule has 0 aliphatic heterocycles. The summed E-state index contributed by atoms with van der Waals surface area (Å²) in [5.74, 6) is -0.945. The molecule has 0 unspecified atom stereocenters. The number of ketones is 1. The number of nitro groups is 1. The summed E-state index contributed by atoms with van der Waals surface area (Å²) in [6.07, 6.45) is 0. The number of carbonyl (C=O) groups is 1. The Kier molecular flexibility index (Phi) is 4.11. The van der Waals surface area contributed by atoms with Crippen molar-refractivity contribution in [2.75, 3.05) is 0 Å². The number of alkyl halides is 2. The van der Waals surface area contributed by atoms with Crippen LogP contribution in [-0.2, 0) is 0 Å². The van der Waals surface area contributed by atoms with Crippen molar-refractivity contribution in [3.05, 3.63) is 32.3 Å². The Balaban J connectivity index is 3.38. The van der Waals surface area contributed by atoms with Gasteiger partial charge in [-0.3, -0.25) is 14.9 Å². The maximum absolute atomic E-state index is 12.0. The van der Waals surface area contributed by atoms with E-state index in [1.807, 2.05) is 0 Å². The molecular formula is C9H6BrF2NO4. The van der Waals surface area contributed by atoms with Crippen LogP contribution in [0, 0.1) is 10.1 Å². The molecule has 0 saturated carbocycles. The highest BCUT2D eigenvalue weighted by Crippen LogP contribution is 2.36. The molecule has 0 fully saturated rings. The molecule has 0 aliphatic carbocycles. The lowest BCUT2D eigenvalue weighted by Gasteiger charge is -2.09. The maximum atomic E-state index is 12.0. The summed E-state index contributed by atoms with van der Waals surface area (Å²) in [7, 11) is 0. The van der Waals surface area contributed by atoms with Crippen molar-refractivity contribution in [1.82, 2.24) is 0 Å². The van der Waals surface area contributed by atoms with E-state index in [1.165, 1.54) is 0 Å². The summed E-state index contributed by atoms with van der Waals surface area (Å²) in [6, 6.07) is 1.94. The van der Waals surface area contributed by atoms with Gasteiger partial charge >= 0.3 is 6.61 Å². The number of benzene rings is 1. The third-order valence-corrected chi connectivity index (χ3v) is 2.64. The average molecular weight is 310 g/mol. The van der Waals surface area contributed by atoms with Crippen LogP contribution < -0.4 is 4.74 Å². The molecular weight excluding hydrogens is 304 g/mol. The Morgan fingerprint density at radius 2 is 2.12 bits per heavy atom. The van der Waals surface area contributed by atoms with Crippen molar-refractivity contribution in [2.45, 2.75) is 13.5 Å². The minimum atomic E-state index is -3.08. The van der Waals surface area contributed by atoms with Gasteiger partial charge in [-0.05, 0) is 28.9 Å². The second kappa shape index (κ2) is 5.17. The van der Waals surface area contributed by atoms with Crippen molar-refractivity contribution in [3.63, 3.8) is 0 Å². The fourth-order valence-corrected chi connectivity index (χ4v) is 1.93. The fourth-order valence-electron chi connectivity index (χ4n) is 1.22. The SMILES string of the molecule is CC(=O)c1c([N+](=O)[O-])ccc(OC(F)F)c1Br. The zero-order valence-electron chi connectivity index (χ0n) is 8.45. The van der Waals surface area contributed by atoms with Crippen LogP contribution in [0.4, 0.5) is 14.5 Å². The van der Waals surface area contributed by atoms with Gasteiger partial charge in [-0.25, -0.2) is 0 Å². The number of Topliss-reactive ketones (excluding diaryl/α,β-unsaturated/α-hetero) is 1. The van der Waals surface area contributed by atoms with Crippen LogP contribution in [0.5, 0.6) is 5.75 Å². The monoisotopic (exact) mass is 309 g/mol. The van der Waals surface area contributed by atoms with Gasteiger partial charge in [0.1, 0.15) is 11.3 Å². The molecule has 92 valence electrons. The fraction of sp³-hybridized carbons (Fsp3) is 0.222. The van der Waals surface area contributed by atoms with Gasteiger partial charge in [0.05, 0.1) is 9.40 Å². The second-order valence-corrected chi connectivity index (χ2v) is 3.76. The largest absolute Gasteiger partial charge is 0.434 e. The summed E-state index contributed by atoms with van der Waals surface area (Å²) < 4.78 is 28.0. The highest BCUT2D eigenvalue weighted by Gasteiger charge is 2.24. The van der Waals surface area contributed by atoms with Crippen LogP contribution in [0.2, 0.25) is 0 Å². The normalized spacial score (nSPS) is 10.4. The third-order valence-electron chi connectivity index (χ3n) is 1.85. The maximum Gasteiger partial charge on any atom is 0.387 e. The standard InChI is InChI=1S/C9H6BrF2NO4/c1-4(14)7-5(13(15)16)2-3-6(8(7)10)17-9(11)12/h2-3,9H,1H3. The minimum Gasteiger partial charge on any atom is -0.434 e. The van der Waals surface area contributed by atoms with E-state index in [0.29, 0.717) is 0 Å². The summed E-state index contributed by atoms with van der Waals surface area (Å²) >= 11 is 2.85. The number of rotatable bonds is 4. The average Bonchev–Trinajstić information content (AvgIpc) is 2.19. The van der Waals surface area contributed by atoms with E-state index in [4.69, 9.17) is 0 Å². The smallest absolute Gasteiger partial charge is 0.387 e. The van der Waals surface area contributed by atoms with Gasteiger partial charge in [-0.15, -0.1) is 0 Å². The minimum absolute atomic E-state index is 0.153. The molecule has 17 heavy (non-hydrogen) atoms. The van der Waals surface area contributed by atoms with Crippen LogP contribution in [0.25, 0.3) is 0 Å². The molecule has 0 spiro atoms. The van der Waals surface area contributed by atoms with Crippen LogP contribution in [0.15, 0.2) is 16.6 Å². The summed E-state index contributed by atoms with van der Waals surface area (Å²) in [4.78, 5) is 21.1. The number of hydrogen-bond acceptors (Lipinski definition) is 4. The van der Waals surface area contributed by atoms with Gasteiger partial charge in [-0.2, -0.15) is 8.78 Å². The Morgan fingerprint density at radius 3 is 2.53 bits per heavy atom. The molecule has 0 heterocycles. The van der Waals surface area contributed by atoms with E-state index in [2.05, 4.69) is 20.7 Å².